The molecule has 0 bridgehead atoms. The van der Waals surface area contributed by atoms with Crippen LogP contribution in [0.15, 0.2) is 21.7 Å². The molecule has 2 N–H and O–H groups in total. The molecule has 15 heteroatoms. The second kappa shape index (κ2) is 8.30. The number of rotatable bonds is 7. The number of amides is 2. The number of urea groups is 1. The van der Waals surface area contributed by atoms with E-state index in [0.29, 0.717) is 0 Å². The third-order valence-corrected chi connectivity index (χ3v) is 5.63. The Morgan fingerprint density at radius 2 is 1.86 bits per heavy atom. The van der Waals surface area contributed by atoms with E-state index >= 15 is 0 Å². The minimum atomic E-state index is -4.82. The molecule has 0 aliphatic rings. The summed E-state index contributed by atoms with van der Waals surface area (Å²) in [5.41, 5.74) is 4.78. The van der Waals surface area contributed by atoms with Gasteiger partial charge in [0.25, 0.3) is 16.0 Å². The number of nitrogens with zero attached hydrogens (tertiary/aromatic N) is 3. The van der Waals surface area contributed by atoms with Crippen LogP contribution in [-0.2, 0) is 14.8 Å². The number of halogens is 2. The fraction of sp³-hybridized carbons (Fsp3) is 0.231. The van der Waals surface area contributed by atoms with E-state index in [0.717, 1.165) is 37.0 Å². The van der Waals surface area contributed by atoms with E-state index in [2.05, 4.69) is 19.4 Å². The zero-order chi connectivity index (χ0) is 21.1. The number of thiophene rings is 1. The molecule has 2 heterocycles. The third-order valence-electron chi connectivity index (χ3n) is 3.02. The van der Waals surface area contributed by atoms with E-state index in [4.69, 9.17) is 10.5 Å². The monoisotopic (exact) mass is 438 g/mol. The van der Waals surface area contributed by atoms with Gasteiger partial charge in [0.2, 0.25) is 11.8 Å². The van der Waals surface area contributed by atoms with Crippen LogP contribution in [0.5, 0.6) is 11.8 Å². The third kappa shape index (κ3) is 4.25. The van der Waals surface area contributed by atoms with Crippen LogP contribution in [0.4, 0.5) is 19.5 Å². The molecule has 0 aliphatic heterocycles. The number of sulfonamides is 1. The molecule has 0 spiro atoms. The first-order valence-electron chi connectivity index (χ1n) is 6.99. The highest BCUT2D eigenvalue weighted by Gasteiger charge is 2.36. The highest BCUT2D eigenvalue weighted by Crippen LogP contribution is 2.29. The number of primary amides is 1. The number of esters is 1. The molecule has 0 aromatic carbocycles. The second-order valence-electron chi connectivity index (χ2n) is 4.68. The molecule has 2 aromatic rings. The molecule has 28 heavy (non-hydrogen) atoms. The highest BCUT2D eigenvalue weighted by molar-refractivity contribution is 7.93. The summed E-state index contributed by atoms with van der Waals surface area (Å²) < 4.78 is 64.1. The van der Waals surface area contributed by atoms with Crippen LogP contribution in [0.2, 0.25) is 0 Å². The van der Waals surface area contributed by atoms with Gasteiger partial charge in [-0.25, -0.2) is 18.0 Å². The number of carbonyl (C=O) groups excluding carboxylic acids is 2. The van der Waals surface area contributed by atoms with E-state index in [1.54, 1.807) is 0 Å². The summed E-state index contributed by atoms with van der Waals surface area (Å²) in [6, 6.07) is -0.732. The van der Waals surface area contributed by atoms with Gasteiger partial charge in [0.15, 0.2) is 0 Å². The molecule has 0 saturated carbocycles. The van der Waals surface area contributed by atoms with Crippen LogP contribution < -0.4 is 19.5 Å². The Hall–Kier alpha value is -3.07. The zero-order valence-corrected chi connectivity index (χ0v) is 15.8. The number of methoxy groups -OCH3 is 2. The molecule has 2 aromatic heterocycles. The van der Waals surface area contributed by atoms with Crippen molar-refractivity contribution in [1.82, 2.24) is 9.97 Å². The predicted molar refractivity (Wildman–Crippen MR) is 90.1 cm³/mol. The predicted octanol–water partition coefficient (Wildman–Crippen LogP) is 1.21. The van der Waals surface area contributed by atoms with Gasteiger partial charge in [-0.15, -0.1) is 4.31 Å². The van der Waals surface area contributed by atoms with E-state index in [-0.39, 0.29) is 15.7 Å². The maximum Gasteiger partial charge on any atom is 0.388 e. The highest BCUT2D eigenvalue weighted by atomic mass is 32.2. The first kappa shape index (κ1) is 21.2. The minimum Gasteiger partial charge on any atom is -0.481 e. The van der Waals surface area contributed by atoms with Gasteiger partial charge in [0.05, 0.1) is 25.8 Å². The van der Waals surface area contributed by atoms with Crippen LogP contribution in [0.3, 0.4) is 0 Å². The van der Waals surface area contributed by atoms with Crippen molar-refractivity contribution in [3.8, 4) is 11.8 Å². The average Bonchev–Trinajstić information content (AvgIpc) is 3.10. The summed E-state index contributed by atoms with van der Waals surface area (Å²) in [6.07, 6.45) is 0. The van der Waals surface area contributed by atoms with Crippen molar-refractivity contribution >= 4 is 39.3 Å². The van der Waals surface area contributed by atoms with Crippen LogP contribution >= 0.6 is 11.3 Å². The van der Waals surface area contributed by atoms with Crippen LogP contribution in [0, 0.1) is 0 Å². The Bertz CT molecular complexity index is 997. The van der Waals surface area contributed by atoms with Crippen molar-refractivity contribution < 1.29 is 41.0 Å². The van der Waals surface area contributed by atoms with Crippen molar-refractivity contribution in [2.45, 2.75) is 11.5 Å². The first-order valence-corrected chi connectivity index (χ1v) is 9.37. The fourth-order valence-corrected chi connectivity index (χ4v) is 4.46. The van der Waals surface area contributed by atoms with Gasteiger partial charge in [-0.1, -0.05) is 0 Å². The molecule has 0 atom stereocenters. The van der Waals surface area contributed by atoms with E-state index in [1.807, 2.05) is 0 Å². The van der Waals surface area contributed by atoms with Crippen molar-refractivity contribution in [1.29, 1.82) is 0 Å². The molecule has 0 saturated heterocycles. The Labute approximate surface area is 160 Å². The topological polar surface area (TPSA) is 151 Å². The lowest BCUT2D eigenvalue weighted by atomic mass is 10.3. The summed E-state index contributed by atoms with van der Waals surface area (Å²) in [4.78, 5) is 30.1. The Balaban J connectivity index is 2.65. The lowest BCUT2D eigenvalue weighted by molar-refractivity contribution is -0.0529. The number of anilines is 1. The molecule has 2 amide bonds. The lowest BCUT2D eigenvalue weighted by Gasteiger charge is -2.19. The van der Waals surface area contributed by atoms with E-state index < -0.39 is 45.4 Å². The maximum absolute atomic E-state index is 12.9. The second-order valence-corrected chi connectivity index (χ2v) is 7.17. The Kier molecular flexibility index (Phi) is 6.30. The molecular formula is C13H12F2N4O7S2. The summed E-state index contributed by atoms with van der Waals surface area (Å²) in [5, 5.41) is 2.23. The van der Waals surface area contributed by atoms with E-state index in [1.165, 1.54) is 5.38 Å². The summed E-state index contributed by atoms with van der Waals surface area (Å²) in [5.74, 6) is -3.08. The molecule has 152 valence electrons. The quantitative estimate of drug-likeness (QED) is 0.629. The smallest absolute Gasteiger partial charge is 0.388 e. The van der Waals surface area contributed by atoms with Gasteiger partial charge >= 0.3 is 18.6 Å². The minimum absolute atomic E-state index is 0.0810. The molecule has 11 nitrogen and oxygen atoms in total. The zero-order valence-electron chi connectivity index (χ0n) is 14.2. The molecular weight excluding hydrogens is 426 g/mol. The SMILES string of the molecule is COC(=O)c1cscc1S(=O)(=O)N(C(N)=O)c1nc(OC)cc(OC(F)F)n1. The Morgan fingerprint density at radius 1 is 1.21 bits per heavy atom. The number of hydrogen-bond acceptors (Lipinski definition) is 10. The Morgan fingerprint density at radius 3 is 2.39 bits per heavy atom. The van der Waals surface area contributed by atoms with Gasteiger partial charge in [-0.05, 0) is 0 Å². The number of carbonyl (C=O) groups is 2. The molecule has 0 radical (unpaired) electrons. The van der Waals surface area contributed by atoms with Crippen molar-refractivity contribution in [2.24, 2.45) is 5.73 Å². The number of ether oxygens (including phenoxy) is 3. The normalized spacial score (nSPS) is 11.2. The van der Waals surface area contributed by atoms with Crippen molar-refractivity contribution in [3.63, 3.8) is 0 Å². The number of nitrogens with two attached hydrogens (primary N) is 1. The summed E-state index contributed by atoms with van der Waals surface area (Å²) in [7, 11) is -2.69. The summed E-state index contributed by atoms with van der Waals surface area (Å²) >= 11 is 0.832. The fourth-order valence-electron chi connectivity index (χ4n) is 1.91. The molecule has 2 rings (SSSR count). The number of hydrogen-bond donors (Lipinski definition) is 1. The van der Waals surface area contributed by atoms with Crippen LogP contribution in [0.1, 0.15) is 10.4 Å². The number of alkyl halides is 2. The van der Waals surface area contributed by atoms with Crippen molar-refractivity contribution in [3.05, 3.63) is 22.4 Å². The largest absolute Gasteiger partial charge is 0.481 e. The molecule has 0 aliphatic carbocycles. The van der Waals surface area contributed by atoms with Gasteiger partial charge in [-0.2, -0.15) is 30.1 Å². The van der Waals surface area contributed by atoms with Gasteiger partial charge < -0.3 is 19.9 Å². The molecule has 0 unspecified atom stereocenters. The standard InChI is InChI=1S/C13H12F2N4O7S2/c1-24-8-3-9(26-11(14)15)18-13(17-8)19(12(16)21)28(22,23)7-5-27-4-6(7)10(20)25-2/h3-5,11H,1-2H3,(H2,16,21). The van der Waals surface area contributed by atoms with Crippen molar-refractivity contribution in [2.75, 3.05) is 18.5 Å². The number of aromatic nitrogens is 2. The summed E-state index contributed by atoms with van der Waals surface area (Å²) in [6.45, 7) is -3.30. The first-order chi connectivity index (χ1) is 13.1. The lowest BCUT2D eigenvalue weighted by Crippen LogP contribution is -2.42. The van der Waals surface area contributed by atoms with Crippen LogP contribution in [-0.4, -0.2) is 51.2 Å². The van der Waals surface area contributed by atoms with Gasteiger partial charge in [0.1, 0.15) is 4.90 Å². The van der Waals surface area contributed by atoms with Gasteiger partial charge in [0, 0.05) is 10.8 Å². The average molecular weight is 438 g/mol. The molecule has 0 fully saturated rings. The van der Waals surface area contributed by atoms with Gasteiger partial charge in [-0.3, -0.25) is 0 Å². The van der Waals surface area contributed by atoms with E-state index in [9.17, 15) is 26.8 Å². The van der Waals surface area contributed by atoms with Crippen LogP contribution in [0.25, 0.3) is 0 Å². The maximum atomic E-state index is 12.9.